The minimum Gasteiger partial charge on any atom is -0.415 e. The van der Waals surface area contributed by atoms with Crippen LogP contribution >= 0.6 is 0 Å². The average Bonchev–Trinajstić information content (AvgIpc) is 3.05. The van der Waals surface area contributed by atoms with Gasteiger partial charge in [-0.3, -0.25) is 4.18 Å². The topological polar surface area (TPSA) is 145 Å². The van der Waals surface area contributed by atoms with Crippen LogP contribution in [0.3, 0.4) is 0 Å². The zero-order valence-electron chi connectivity index (χ0n) is 28.6. The lowest BCUT2D eigenvalue weighted by atomic mass is 10.4. The molecule has 0 bridgehead atoms. The van der Waals surface area contributed by atoms with Crippen molar-refractivity contribution in [2.75, 3.05) is 145 Å². The summed E-state index contributed by atoms with van der Waals surface area (Å²) in [5.74, 6) is 0. The van der Waals surface area contributed by atoms with Crippen LogP contribution < -0.4 is 0 Å². The van der Waals surface area contributed by atoms with Crippen molar-refractivity contribution in [1.82, 2.24) is 0 Å². The maximum atomic E-state index is 12.0. The molecular formula is C31H58O14SSi. The molecule has 0 radical (unpaired) electrons. The third-order valence-electron chi connectivity index (χ3n) is 5.61. The van der Waals surface area contributed by atoms with Crippen molar-refractivity contribution in [3.8, 4) is 0 Å². The van der Waals surface area contributed by atoms with Crippen LogP contribution in [0.2, 0.25) is 19.6 Å². The maximum absolute atomic E-state index is 12.0. The van der Waals surface area contributed by atoms with E-state index >= 15 is 0 Å². The van der Waals surface area contributed by atoms with E-state index in [2.05, 4.69) is 19.6 Å². The van der Waals surface area contributed by atoms with E-state index in [0.717, 1.165) is 0 Å². The van der Waals surface area contributed by atoms with Gasteiger partial charge in [-0.1, -0.05) is 18.2 Å². The monoisotopic (exact) mass is 714 g/mol. The second-order valence-corrected chi connectivity index (χ2v) is 16.8. The first-order valence-corrected chi connectivity index (χ1v) is 21.0. The van der Waals surface area contributed by atoms with E-state index in [0.29, 0.717) is 132 Å². The summed E-state index contributed by atoms with van der Waals surface area (Å²) in [5, 5.41) is 0. The molecule has 0 amide bonds. The SMILES string of the molecule is C[Si](C)(C)OCCOCCOCCOCCOCCOCCOCCOCCOCCOCCOCCOS(=O)(=O)c1ccccc1. The van der Waals surface area contributed by atoms with E-state index in [4.69, 9.17) is 56.0 Å². The molecule has 276 valence electrons. The Balaban J connectivity index is 1.67. The number of hydrogen-bond acceptors (Lipinski definition) is 14. The van der Waals surface area contributed by atoms with Gasteiger partial charge in [0, 0.05) is 0 Å². The van der Waals surface area contributed by atoms with Crippen LogP contribution in [0.25, 0.3) is 0 Å². The Morgan fingerprint density at radius 3 is 0.936 bits per heavy atom. The summed E-state index contributed by atoms with van der Waals surface area (Å²) in [6.45, 7) is 16.4. The minimum atomic E-state index is -3.76. The van der Waals surface area contributed by atoms with Crippen LogP contribution in [0.1, 0.15) is 0 Å². The summed E-state index contributed by atoms with van der Waals surface area (Å²) in [7, 11) is -5.22. The lowest BCUT2D eigenvalue weighted by Gasteiger charge is -2.16. The van der Waals surface area contributed by atoms with E-state index in [9.17, 15) is 8.42 Å². The molecule has 0 aliphatic carbocycles. The summed E-state index contributed by atoms with van der Waals surface area (Å²) in [5.41, 5.74) is 0. The molecule has 0 fully saturated rings. The van der Waals surface area contributed by atoms with Gasteiger partial charge >= 0.3 is 0 Å². The van der Waals surface area contributed by atoms with Gasteiger partial charge in [-0.2, -0.15) is 8.42 Å². The van der Waals surface area contributed by atoms with Gasteiger partial charge in [0.05, 0.1) is 150 Å². The van der Waals surface area contributed by atoms with Gasteiger partial charge in [-0.25, -0.2) is 0 Å². The molecule has 0 spiro atoms. The third kappa shape index (κ3) is 30.7. The highest BCUT2D eigenvalue weighted by Crippen LogP contribution is 2.10. The average molecular weight is 715 g/mol. The molecule has 0 aromatic heterocycles. The molecule has 0 N–H and O–H groups in total. The molecule has 1 rings (SSSR count). The van der Waals surface area contributed by atoms with Gasteiger partial charge < -0.3 is 51.8 Å². The fourth-order valence-corrected chi connectivity index (χ4v) is 4.96. The summed E-state index contributed by atoms with van der Waals surface area (Å²) in [6, 6.07) is 7.98. The number of ether oxygens (including phenoxy) is 10. The highest BCUT2D eigenvalue weighted by molar-refractivity contribution is 7.86. The summed E-state index contributed by atoms with van der Waals surface area (Å²) in [6.07, 6.45) is 0. The van der Waals surface area contributed by atoms with Gasteiger partial charge in [0.1, 0.15) is 0 Å². The van der Waals surface area contributed by atoms with Crippen LogP contribution in [0, 0.1) is 0 Å². The number of benzene rings is 1. The second-order valence-electron chi connectivity index (χ2n) is 10.7. The third-order valence-corrected chi connectivity index (χ3v) is 8.01. The maximum Gasteiger partial charge on any atom is 0.297 e. The van der Waals surface area contributed by atoms with E-state index < -0.39 is 18.4 Å². The lowest BCUT2D eigenvalue weighted by Crippen LogP contribution is -2.27. The zero-order valence-corrected chi connectivity index (χ0v) is 30.4. The Morgan fingerprint density at radius 1 is 0.404 bits per heavy atom. The molecule has 1 aromatic carbocycles. The van der Waals surface area contributed by atoms with E-state index in [1.807, 2.05) is 0 Å². The Labute approximate surface area is 282 Å². The standard InChI is InChI=1S/C31H58O14SSi/c1-47(2,3)45-30-28-43-26-24-41-22-20-39-18-16-37-14-12-35-10-9-34-11-13-36-15-17-38-19-21-40-23-25-42-27-29-44-46(32,33)31-7-5-4-6-8-31/h4-8H,9-30H2,1-3H3. The summed E-state index contributed by atoms with van der Waals surface area (Å²) < 4.78 is 89.0. The normalized spacial score (nSPS) is 12.2. The Morgan fingerprint density at radius 2 is 0.660 bits per heavy atom. The Kier molecular flexibility index (Phi) is 28.9. The van der Waals surface area contributed by atoms with Gasteiger partial charge in [0.25, 0.3) is 10.1 Å². The van der Waals surface area contributed by atoms with Crippen molar-refractivity contribution in [1.29, 1.82) is 0 Å². The molecule has 0 saturated carbocycles. The first-order valence-electron chi connectivity index (χ1n) is 16.2. The second kappa shape index (κ2) is 30.9. The number of rotatable bonds is 36. The molecule has 0 atom stereocenters. The van der Waals surface area contributed by atoms with Crippen LogP contribution in [-0.4, -0.2) is 162 Å². The first-order chi connectivity index (χ1) is 22.8. The van der Waals surface area contributed by atoms with Gasteiger partial charge in [0.2, 0.25) is 0 Å². The van der Waals surface area contributed by atoms with E-state index in [1.54, 1.807) is 18.2 Å². The van der Waals surface area contributed by atoms with Crippen LogP contribution in [0.5, 0.6) is 0 Å². The van der Waals surface area contributed by atoms with Gasteiger partial charge in [-0.15, -0.1) is 0 Å². The largest absolute Gasteiger partial charge is 0.415 e. The van der Waals surface area contributed by atoms with E-state index in [1.165, 1.54) is 12.1 Å². The van der Waals surface area contributed by atoms with Crippen molar-refractivity contribution < 1.29 is 64.4 Å². The molecule has 0 unspecified atom stereocenters. The van der Waals surface area contributed by atoms with Crippen molar-refractivity contribution in [3.63, 3.8) is 0 Å². The quantitative estimate of drug-likeness (QED) is 0.0570. The Hall–Kier alpha value is -1.09. The smallest absolute Gasteiger partial charge is 0.297 e. The molecule has 14 nitrogen and oxygen atoms in total. The van der Waals surface area contributed by atoms with Crippen LogP contribution in [0.4, 0.5) is 0 Å². The van der Waals surface area contributed by atoms with Crippen molar-refractivity contribution in [2.45, 2.75) is 24.5 Å². The predicted molar refractivity (Wildman–Crippen MR) is 177 cm³/mol. The van der Waals surface area contributed by atoms with Gasteiger partial charge in [0.15, 0.2) is 8.32 Å². The van der Waals surface area contributed by atoms with Crippen molar-refractivity contribution >= 4 is 18.4 Å². The molecule has 0 heterocycles. The number of hydrogen-bond donors (Lipinski definition) is 0. The summed E-state index contributed by atoms with van der Waals surface area (Å²) in [4.78, 5) is 0.121. The molecular weight excluding hydrogens is 656 g/mol. The highest BCUT2D eigenvalue weighted by atomic mass is 32.2. The lowest BCUT2D eigenvalue weighted by molar-refractivity contribution is -0.0270. The van der Waals surface area contributed by atoms with Gasteiger partial charge in [-0.05, 0) is 31.8 Å². The van der Waals surface area contributed by atoms with Crippen molar-refractivity contribution in [3.05, 3.63) is 30.3 Å². The minimum absolute atomic E-state index is 0.0578. The molecule has 16 heteroatoms. The highest BCUT2D eigenvalue weighted by Gasteiger charge is 2.14. The fourth-order valence-electron chi connectivity index (χ4n) is 3.35. The fraction of sp³-hybridized carbons (Fsp3) is 0.806. The van der Waals surface area contributed by atoms with Crippen LogP contribution in [-0.2, 0) is 66.1 Å². The van der Waals surface area contributed by atoms with E-state index in [-0.39, 0.29) is 18.1 Å². The van der Waals surface area contributed by atoms with Crippen molar-refractivity contribution in [2.24, 2.45) is 0 Å². The zero-order chi connectivity index (χ0) is 34.2. The molecule has 0 saturated heterocycles. The predicted octanol–water partition coefficient (Wildman–Crippen LogP) is 2.41. The molecule has 47 heavy (non-hydrogen) atoms. The molecule has 1 aromatic rings. The summed E-state index contributed by atoms with van der Waals surface area (Å²) >= 11 is 0. The Bertz CT molecular complexity index is 905. The first kappa shape index (κ1) is 43.9. The molecule has 0 aliphatic rings. The van der Waals surface area contributed by atoms with Crippen LogP contribution in [0.15, 0.2) is 35.2 Å². The molecule has 0 aliphatic heterocycles.